The highest BCUT2D eigenvalue weighted by Crippen LogP contribution is 2.17. The first-order chi connectivity index (χ1) is 9.69. The molecule has 2 rings (SSSR count). The molecule has 0 aromatic heterocycles. The molecule has 100 valence electrons. The van der Waals surface area contributed by atoms with Crippen molar-refractivity contribution in [3.63, 3.8) is 0 Å². The molecule has 0 aliphatic carbocycles. The van der Waals surface area contributed by atoms with Gasteiger partial charge in [0, 0.05) is 5.56 Å². The fourth-order valence-corrected chi connectivity index (χ4v) is 1.84. The number of aliphatic carboxylic acids is 1. The van der Waals surface area contributed by atoms with Gasteiger partial charge in [-0.1, -0.05) is 30.3 Å². The van der Waals surface area contributed by atoms with Gasteiger partial charge in [-0.15, -0.1) is 0 Å². The summed E-state index contributed by atoms with van der Waals surface area (Å²) >= 11 is 0. The minimum Gasteiger partial charge on any atom is -0.489 e. The minimum absolute atomic E-state index is 0.0357. The molecule has 0 spiro atoms. The summed E-state index contributed by atoms with van der Waals surface area (Å²) < 4.78 is 5.61. The fourth-order valence-electron chi connectivity index (χ4n) is 1.84. The van der Waals surface area contributed by atoms with Gasteiger partial charge in [0.2, 0.25) is 0 Å². The molecule has 0 aliphatic rings. The zero-order chi connectivity index (χ0) is 14.4. The molecule has 4 heteroatoms. The van der Waals surface area contributed by atoms with Crippen molar-refractivity contribution in [2.45, 2.75) is 13.0 Å². The van der Waals surface area contributed by atoms with Gasteiger partial charge in [0.15, 0.2) is 0 Å². The second-order valence-corrected chi connectivity index (χ2v) is 4.28. The van der Waals surface area contributed by atoms with Gasteiger partial charge in [-0.05, 0) is 23.8 Å². The highest BCUT2D eigenvalue weighted by molar-refractivity contribution is 5.70. The minimum atomic E-state index is -0.878. The van der Waals surface area contributed by atoms with Crippen LogP contribution in [0.4, 0.5) is 0 Å². The molecule has 0 amide bonds. The first kappa shape index (κ1) is 13.6. The predicted molar refractivity (Wildman–Crippen MR) is 73.3 cm³/mol. The summed E-state index contributed by atoms with van der Waals surface area (Å²) in [5.41, 5.74) is 2.07. The maximum atomic E-state index is 10.7. The van der Waals surface area contributed by atoms with Crippen LogP contribution < -0.4 is 4.74 Å². The van der Waals surface area contributed by atoms with Crippen molar-refractivity contribution < 1.29 is 14.6 Å². The van der Waals surface area contributed by atoms with E-state index in [-0.39, 0.29) is 13.0 Å². The molecule has 2 aromatic carbocycles. The maximum absolute atomic E-state index is 10.7. The second kappa shape index (κ2) is 6.39. The first-order valence-electron chi connectivity index (χ1n) is 6.10. The van der Waals surface area contributed by atoms with Crippen LogP contribution in [0.15, 0.2) is 48.5 Å². The number of rotatable bonds is 5. The van der Waals surface area contributed by atoms with Crippen LogP contribution in [-0.4, -0.2) is 11.1 Å². The van der Waals surface area contributed by atoms with Crippen LogP contribution in [0.5, 0.6) is 5.75 Å². The van der Waals surface area contributed by atoms with Crippen LogP contribution in [0, 0.1) is 11.3 Å². The van der Waals surface area contributed by atoms with E-state index in [1.165, 1.54) is 0 Å². The summed E-state index contributed by atoms with van der Waals surface area (Å²) in [6.45, 7) is 0.278. The summed E-state index contributed by atoms with van der Waals surface area (Å²) in [4.78, 5) is 10.7. The van der Waals surface area contributed by atoms with E-state index < -0.39 is 5.97 Å². The Balaban J connectivity index is 2.07. The maximum Gasteiger partial charge on any atom is 0.307 e. The van der Waals surface area contributed by atoms with E-state index in [9.17, 15) is 4.79 Å². The van der Waals surface area contributed by atoms with E-state index >= 15 is 0 Å². The molecular formula is C16H13NO3. The highest BCUT2D eigenvalue weighted by Gasteiger charge is 2.04. The molecule has 0 atom stereocenters. The predicted octanol–water partition coefficient (Wildman–Crippen LogP) is 2.76. The number of hydrogen-bond donors (Lipinski definition) is 1. The van der Waals surface area contributed by atoms with Crippen molar-refractivity contribution in [1.82, 2.24) is 0 Å². The summed E-state index contributed by atoms with van der Waals surface area (Å²) in [6.07, 6.45) is -0.0357. The van der Waals surface area contributed by atoms with E-state index in [1.54, 1.807) is 36.4 Å². The molecule has 0 fully saturated rings. The lowest BCUT2D eigenvalue weighted by molar-refractivity contribution is -0.136. The standard InChI is InChI=1S/C16H13NO3/c17-10-13-5-1-2-6-14(13)11-20-15-7-3-4-12(8-15)9-16(18)19/h1-8H,9,11H2,(H,18,19). The molecule has 1 N–H and O–H groups in total. The largest absolute Gasteiger partial charge is 0.489 e. The Kier molecular flexibility index (Phi) is 4.35. The van der Waals surface area contributed by atoms with Gasteiger partial charge in [0.1, 0.15) is 12.4 Å². The van der Waals surface area contributed by atoms with Crippen LogP contribution in [0.1, 0.15) is 16.7 Å². The van der Waals surface area contributed by atoms with Crippen LogP contribution in [0.3, 0.4) is 0 Å². The van der Waals surface area contributed by atoms with Gasteiger partial charge in [0.05, 0.1) is 18.1 Å². The van der Waals surface area contributed by atoms with E-state index in [0.29, 0.717) is 16.9 Å². The van der Waals surface area contributed by atoms with E-state index in [4.69, 9.17) is 15.1 Å². The molecule has 0 saturated carbocycles. The molecular weight excluding hydrogens is 254 g/mol. The van der Waals surface area contributed by atoms with Crippen LogP contribution in [-0.2, 0) is 17.8 Å². The zero-order valence-corrected chi connectivity index (χ0v) is 10.7. The van der Waals surface area contributed by atoms with E-state index in [2.05, 4.69) is 6.07 Å². The topological polar surface area (TPSA) is 70.3 Å². The Bertz CT molecular complexity index is 659. The third-order valence-corrected chi connectivity index (χ3v) is 2.79. The van der Waals surface area contributed by atoms with Gasteiger partial charge in [-0.25, -0.2) is 0 Å². The average Bonchev–Trinajstić information content (AvgIpc) is 2.45. The van der Waals surface area contributed by atoms with E-state index in [1.807, 2.05) is 12.1 Å². The van der Waals surface area contributed by atoms with Crippen molar-refractivity contribution in [1.29, 1.82) is 5.26 Å². The molecule has 20 heavy (non-hydrogen) atoms. The Morgan fingerprint density at radius 3 is 2.75 bits per heavy atom. The smallest absolute Gasteiger partial charge is 0.307 e. The quantitative estimate of drug-likeness (QED) is 0.904. The number of hydrogen-bond acceptors (Lipinski definition) is 3. The SMILES string of the molecule is N#Cc1ccccc1COc1cccc(CC(=O)O)c1. The number of carbonyl (C=O) groups is 1. The summed E-state index contributed by atoms with van der Waals surface area (Å²) in [5, 5.41) is 17.7. The van der Waals surface area contributed by atoms with Crippen molar-refractivity contribution in [2.75, 3.05) is 0 Å². The Labute approximate surface area is 116 Å². The van der Waals surface area contributed by atoms with Crippen molar-refractivity contribution in [3.05, 3.63) is 65.2 Å². The molecule has 0 aliphatic heterocycles. The van der Waals surface area contributed by atoms with Crippen molar-refractivity contribution in [2.24, 2.45) is 0 Å². The molecule has 2 aromatic rings. The lowest BCUT2D eigenvalue weighted by atomic mass is 10.1. The zero-order valence-electron chi connectivity index (χ0n) is 10.7. The molecule has 0 radical (unpaired) electrons. The van der Waals surface area contributed by atoms with Crippen molar-refractivity contribution >= 4 is 5.97 Å². The Morgan fingerprint density at radius 1 is 1.20 bits per heavy atom. The van der Waals surface area contributed by atoms with Gasteiger partial charge < -0.3 is 9.84 Å². The molecule has 4 nitrogen and oxygen atoms in total. The normalized spacial score (nSPS) is 9.75. The van der Waals surface area contributed by atoms with E-state index in [0.717, 1.165) is 5.56 Å². The third-order valence-electron chi connectivity index (χ3n) is 2.79. The molecule has 0 saturated heterocycles. The number of ether oxygens (including phenoxy) is 1. The van der Waals surface area contributed by atoms with Gasteiger partial charge in [-0.2, -0.15) is 5.26 Å². The second-order valence-electron chi connectivity index (χ2n) is 4.28. The molecule has 0 unspecified atom stereocenters. The summed E-state index contributed by atoms with van der Waals surface area (Å²) in [5.74, 6) is -0.284. The monoisotopic (exact) mass is 267 g/mol. The lowest BCUT2D eigenvalue weighted by Gasteiger charge is -2.08. The van der Waals surface area contributed by atoms with Gasteiger partial charge in [-0.3, -0.25) is 4.79 Å². The van der Waals surface area contributed by atoms with Gasteiger partial charge in [0.25, 0.3) is 0 Å². The molecule has 0 heterocycles. The Hall–Kier alpha value is -2.80. The number of nitriles is 1. The Morgan fingerprint density at radius 2 is 2.00 bits per heavy atom. The average molecular weight is 267 g/mol. The number of nitrogens with zero attached hydrogens (tertiary/aromatic N) is 1. The highest BCUT2D eigenvalue weighted by atomic mass is 16.5. The van der Waals surface area contributed by atoms with Crippen LogP contribution in [0.25, 0.3) is 0 Å². The van der Waals surface area contributed by atoms with Crippen LogP contribution >= 0.6 is 0 Å². The molecule has 0 bridgehead atoms. The third kappa shape index (κ3) is 3.59. The number of carboxylic acid groups (broad SMARTS) is 1. The lowest BCUT2D eigenvalue weighted by Crippen LogP contribution is -2.01. The fraction of sp³-hybridized carbons (Fsp3) is 0.125. The summed E-state index contributed by atoms with van der Waals surface area (Å²) in [6, 6.07) is 16.3. The summed E-state index contributed by atoms with van der Waals surface area (Å²) in [7, 11) is 0. The van der Waals surface area contributed by atoms with Crippen LogP contribution in [0.2, 0.25) is 0 Å². The first-order valence-corrected chi connectivity index (χ1v) is 6.10. The number of benzene rings is 2. The number of carboxylic acids is 1. The van der Waals surface area contributed by atoms with Crippen molar-refractivity contribution in [3.8, 4) is 11.8 Å². The van der Waals surface area contributed by atoms with Gasteiger partial charge >= 0.3 is 5.97 Å².